The molecule has 0 aliphatic carbocycles. The van der Waals surface area contributed by atoms with Gasteiger partial charge in [-0.05, 0) is 12.8 Å². The lowest BCUT2D eigenvalue weighted by molar-refractivity contribution is 0.237. The molecule has 0 fully saturated rings. The predicted molar refractivity (Wildman–Crippen MR) is 83.0 cm³/mol. The Morgan fingerprint density at radius 2 is 2.14 bits per heavy atom. The van der Waals surface area contributed by atoms with Gasteiger partial charge in [0.15, 0.2) is 0 Å². The van der Waals surface area contributed by atoms with E-state index in [0.29, 0.717) is 12.5 Å². The van der Waals surface area contributed by atoms with Crippen molar-refractivity contribution in [1.29, 1.82) is 0 Å². The van der Waals surface area contributed by atoms with E-state index in [1.807, 2.05) is 18.5 Å². The molecule has 2 heterocycles. The number of carbonyl (C=O) groups excluding carboxylic acids is 1. The molecule has 2 aromatic rings. The van der Waals surface area contributed by atoms with Crippen molar-refractivity contribution >= 4 is 17.4 Å². The molecule has 6 nitrogen and oxygen atoms in total. The lowest BCUT2D eigenvalue weighted by Gasteiger charge is -2.13. The fraction of sp³-hybridized carbons (Fsp3) is 0.500. The number of rotatable bonds is 6. The first-order valence-corrected chi connectivity index (χ1v) is 7.88. The van der Waals surface area contributed by atoms with Crippen molar-refractivity contribution in [2.24, 2.45) is 5.92 Å². The predicted octanol–water partition coefficient (Wildman–Crippen LogP) is 2.56. The standard InChI is InChI=1S/C14H21N5OS/c1-10(2)9-19-6-4-15-12(19)8-17-14(20)18-11(3)13-16-5-7-21-13/h4-7,10-11H,8-9H2,1-3H3,(H2,17,18,20)/t11-/m0/s1. The van der Waals surface area contributed by atoms with E-state index in [9.17, 15) is 4.79 Å². The topological polar surface area (TPSA) is 71.8 Å². The Labute approximate surface area is 128 Å². The third-order valence-corrected chi connectivity index (χ3v) is 3.90. The van der Waals surface area contributed by atoms with Crippen LogP contribution in [-0.2, 0) is 13.1 Å². The number of hydrogen-bond acceptors (Lipinski definition) is 4. The summed E-state index contributed by atoms with van der Waals surface area (Å²) in [6.45, 7) is 7.53. The average molecular weight is 307 g/mol. The molecular formula is C14H21N5OS. The number of amides is 2. The Morgan fingerprint density at radius 3 is 2.81 bits per heavy atom. The summed E-state index contributed by atoms with van der Waals surface area (Å²) in [6.07, 6.45) is 5.43. The summed E-state index contributed by atoms with van der Waals surface area (Å²) in [5, 5.41) is 8.49. The van der Waals surface area contributed by atoms with Crippen molar-refractivity contribution in [3.05, 3.63) is 34.8 Å². The molecule has 0 aliphatic rings. The lowest BCUT2D eigenvalue weighted by atomic mass is 10.2. The highest BCUT2D eigenvalue weighted by Gasteiger charge is 2.12. The summed E-state index contributed by atoms with van der Waals surface area (Å²) in [5.74, 6) is 1.40. The third-order valence-electron chi connectivity index (χ3n) is 2.94. The van der Waals surface area contributed by atoms with Crippen LogP contribution in [0.1, 0.15) is 37.6 Å². The second-order valence-corrected chi connectivity index (χ2v) is 6.23. The maximum absolute atomic E-state index is 11.9. The largest absolute Gasteiger partial charge is 0.333 e. The van der Waals surface area contributed by atoms with Gasteiger partial charge in [-0.2, -0.15) is 0 Å². The van der Waals surface area contributed by atoms with E-state index < -0.39 is 0 Å². The van der Waals surface area contributed by atoms with E-state index in [1.165, 1.54) is 11.3 Å². The van der Waals surface area contributed by atoms with Gasteiger partial charge in [0.25, 0.3) is 0 Å². The molecule has 114 valence electrons. The SMILES string of the molecule is CC(C)Cn1ccnc1CNC(=O)N[C@@H](C)c1nccs1. The number of thiazole rings is 1. The second-order valence-electron chi connectivity index (χ2n) is 5.31. The van der Waals surface area contributed by atoms with Gasteiger partial charge in [-0.1, -0.05) is 13.8 Å². The van der Waals surface area contributed by atoms with Gasteiger partial charge in [-0.15, -0.1) is 11.3 Å². The van der Waals surface area contributed by atoms with E-state index in [4.69, 9.17) is 0 Å². The Morgan fingerprint density at radius 1 is 1.33 bits per heavy atom. The number of imidazole rings is 1. The first kappa shape index (κ1) is 15.5. The molecule has 7 heteroatoms. The summed E-state index contributed by atoms with van der Waals surface area (Å²) in [7, 11) is 0. The van der Waals surface area contributed by atoms with Crippen molar-refractivity contribution in [1.82, 2.24) is 25.2 Å². The van der Waals surface area contributed by atoms with Gasteiger partial charge < -0.3 is 15.2 Å². The lowest BCUT2D eigenvalue weighted by Crippen LogP contribution is -2.37. The molecule has 0 radical (unpaired) electrons. The molecule has 0 saturated carbocycles. The van der Waals surface area contributed by atoms with Crippen LogP contribution in [0.4, 0.5) is 4.79 Å². The highest BCUT2D eigenvalue weighted by Crippen LogP contribution is 2.14. The normalized spacial score (nSPS) is 12.4. The van der Waals surface area contributed by atoms with Crippen LogP contribution in [0.3, 0.4) is 0 Å². The fourth-order valence-corrected chi connectivity index (χ4v) is 2.63. The Bertz CT molecular complexity index is 564. The second kappa shape index (κ2) is 7.21. The van der Waals surface area contributed by atoms with Crippen LogP contribution in [-0.4, -0.2) is 20.6 Å². The number of urea groups is 1. The molecule has 1 atom stereocenters. The number of carbonyl (C=O) groups is 1. The maximum atomic E-state index is 11.9. The highest BCUT2D eigenvalue weighted by molar-refractivity contribution is 7.09. The van der Waals surface area contributed by atoms with E-state index in [0.717, 1.165) is 17.4 Å². The number of nitrogens with one attached hydrogen (secondary N) is 2. The molecule has 0 spiro atoms. The molecule has 0 aliphatic heterocycles. The molecule has 0 unspecified atom stereocenters. The Balaban J connectivity index is 1.83. The van der Waals surface area contributed by atoms with Crippen molar-refractivity contribution < 1.29 is 4.79 Å². The fourth-order valence-electron chi connectivity index (χ4n) is 1.98. The smallest absolute Gasteiger partial charge is 0.315 e. The zero-order valence-corrected chi connectivity index (χ0v) is 13.4. The van der Waals surface area contributed by atoms with Gasteiger partial charge >= 0.3 is 6.03 Å². The van der Waals surface area contributed by atoms with Crippen LogP contribution in [0.5, 0.6) is 0 Å². The minimum Gasteiger partial charge on any atom is -0.333 e. The summed E-state index contributed by atoms with van der Waals surface area (Å²) in [4.78, 5) is 20.4. The van der Waals surface area contributed by atoms with E-state index in [-0.39, 0.29) is 12.1 Å². The molecule has 0 saturated heterocycles. The minimum atomic E-state index is -0.211. The van der Waals surface area contributed by atoms with Crippen molar-refractivity contribution in [3.8, 4) is 0 Å². The number of nitrogens with zero attached hydrogens (tertiary/aromatic N) is 3. The third kappa shape index (κ3) is 4.56. The van der Waals surface area contributed by atoms with Gasteiger partial charge in [0.2, 0.25) is 0 Å². The summed E-state index contributed by atoms with van der Waals surface area (Å²) < 4.78 is 2.06. The van der Waals surface area contributed by atoms with Gasteiger partial charge in [0, 0.05) is 30.5 Å². The molecule has 2 aromatic heterocycles. The number of aromatic nitrogens is 3. The quantitative estimate of drug-likeness (QED) is 0.861. The average Bonchev–Trinajstić information content (AvgIpc) is 3.06. The maximum Gasteiger partial charge on any atom is 0.315 e. The Kier molecular flexibility index (Phi) is 5.32. The van der Waals surface area contributed by atoms with Crippen LogP contribution in [0, 0.1) is 5.92 Å². The van der Waals surface area contributed by atoms with E-state index in [1.54, 1.807) is 12.4 Å². The molecular weight excluding hydrogens is 286 g/mol. The van der Waals surface area contributed by atoms with Gasteiger partial charge in [0.1, 0.15) is 10.8 Å². The summed E-state index contributed by atoms with van der Waals surface area (Å²) in [5.41, 5.74) is 0. The molecule has 2 amide bonds. The first-order valence-electron chi connectivity index (χ1n) is 7.00. The molecule has 0 bridgehead atoms. The van der Waals surface area contributed by atoms with Crippen LogP contribution in [0.15, 0.2) is 24.0 Å². The van der Waals surface area contributed by atoms with Crippen LogP contribution in [0.2, 0.25) is 0 Å². The summed E-state index contributed by atoms with van der Waals surface area (Å²) >= 11 is 1.53. The Hall–Kier alpha value is -1.89. The molecule has 0 aromatic carbocycles. The van der Waals surface area contributed by atoms with E-state index in [2.05, 4.69) is 39.0 Å². The van der Waals surface area contributed by atoms with Crippen molar-refractivity contribution in [2.75, 3.05) is 0 Å². The van der Waals surface area contributed by atoms with Gasteiger partial charge in [-0.25, -0.2) is 14.8 Å². The van der Waals surface area contributed by atoms with Crippen LogP contribution in [0.25, 0.3) is 0 Å². The summed E-state index contributed by atoms with van der Waals surface area (Å²) in [6, 6.07) is -0.308. The monoisotopic (exact) mass is 307 g/mol. The van der Waals surface area contributed by atoms with Crippen molar-refractivity contribution in [2.45, 2.75) is 39.9 Å². The first-order chi connectivity index (χ1) is 10.1. The molecule has 21 heavy (non-hydrogen) atoms. The number of hydrogen-bond donors (Lipinski definition) is 2. The van der Waals surface area contributed by atoms with Crippen LogP contribution < -0.4 is 10.6 Å². The van der Waals surface area contributed by atoms with Crippen molar-refractivity contribution in [3.63, 3.8) is 0 Å². The van der Waals surface area contributed by atoms with Crippen LogP contribution >= 0.6 is 11.3 Å². The zero-order chi connectivity index (χ0) is 15.2. The molecule has 2 rings (SSSR count). The zero-order valence-electron chi connectivity index (χ0n) is 12.5. The highest BCUT2D eigenvalue weighted by atomic mass is 32.1. The van der Waals surface area contributed by atoms with E-state index >= 15 is 0 Å². The molecule has 2 N–H and O–H groups in total. The van der Waals surface area contributed by atoms with Gasteiger partial charge in [0.05, 0.1) is 12.6 Å². The minimum absolute atomic E-state index is 0.0968. The van der Waals surface area contributed by atoms with Gasteiger partial charge in [-0.3, -0.25) is 0 Å².